The zero-order valence-corrected chi connectivity index (χ0v) is 7.06. The molecule has 1 atom stereocenters. The lowest BCUT2D eigenvalue weighted by Gasteiger charge is -2.04. The first-order valence-electron chi connectivity index (χ1n) is 2.77. The Hall–Kier alpha value is -0.0800. The first-order chi connectivity index (χ1) is 4.18. The van der Waals surface area contributed by atoms with E-state index in [9.17, 15) is 0 Å². The predicted octanol–water partition coefficient (Wildman–Crippen LogP) is 2.22. The van der Waals surface area contributed by atoms with E-state index in [2.05, 4.69) is 22.5 Å². The summed E-state index contributed by atoms with van der Waals surface area (Å²) in [6, 6.07) is 0. The summed E-state index contributed by atoms with van der Waals surface area (Å²) in [6.45, 7) is 5.42. The number of aliphatic hydroxyl groups is 1. The topological polar surface area (TPSA) is 20.2 Å². The van der Waals surface area contributed by atoms with Crippen LogP contribution in [0, 0.1) is 0 Å². The number of aliphatic hydroxyl groups excluding tert-OH is 1. The van der Waals surface area contributed by atoms with E-state index in [1.165, 1.54) is 0 Å². The molecule has 52 valence electrons. The van der Waals surface area contributed by atoms with E-state index in [1.807, 2.05) is 13.0 Å². The second-order valence-corrected chi connectivity index (χ2v) is 2.49. The molecular weight excluding hydrogens is 180 g/mol. The molecule has 0 radical (unpaired) electrons. The van der Waals surface area contributed by atoms with E-state index in [-0.39, 0.29) is 0 Å². The molecule has 0 saturated heterocycles. The molecule has 0 rings (SSSR count). The van der Waals surface area contributed by atoms with Crippen molar-refractivity contribution in [1.29, 1.82) is 0 Å². The summed E-state index contributed by atoms with van der Waals surface area (Å²) in [7, 11) is 0. The van der Waals surface area contributed by atoms with E-state index in [4.69, 9.17) is 5.11 Å². The summed E-state index contributed by atoms with van der Waals surface area (Å²) in [5, 5.41) is 9.09. The molecular formula is C7H11BrO. The van der Waals surface area contributed by atoms with Crippen molar-refractivity contribution in [2.45, 2.75) is 19.4 Å². The molecule has 0 amide bonds. The van der Waals surface area contributed by atoms with Gasteiger partial charge in [-0.25, -0.2) is 0 Å². The highest BCUT2D eigenvalue weighted by molar-refractivity contribution is 9.11. The van der Waals surface area contributed by atoms with Crippen LogP contribution in [-0.4, -0.2) is 11.2 Å². The normalized spacial score (nSPS) is 14.1. The van der Waals surface area contributed by atoms with Gasteiger partial charge in [-0.1, -0.05) is 34.2 Å². The van der Waals surface area contributed by atoms with Crippen molar-refractivity contribution in [2.75, 3.05) is 0 Å². The van der Waals surface area contributed by atoms with Gasteiger partial charge >= 0.3 is 0 Å². The van der Waals surface area contributed by atoms with Crippen molar-refractivity contribution >= 4 is 15.9 Å². The van der Waals surface area contributed by atoms with Crippen molar-refractivity contribution in [3.05, 3.63) is 23.2 Å². The maximum Gasteiger partial charge on any atom is 0.0779 e. The first-order valence-corrected chi connectivity index (χ1v) is 3.68. The van der Waals surface area contributed by atoms with Crippen LogP contribution in [-0.2, 0) is 0 Å². The quantitative estimate of drug-likeness (QED) is 0.678. The zero-order valence-electron chi connectivity index (χ0n) is 5.47. The van der Waals surface area contributed by atoms with Gasteiger partial charge in [0, 0.05) is 0 Å². The average molecular weight is 191 g/mol. The summed E-state index contributed by atoms with van der Waals surface area (Å²) < 4.78 is 0. The summed E-state index contributed by atoms with van der Waals surface area (Å²) in [4.78, 5) is 1.74. The Labute approximate surface area is 64.2 Å². The second kappa shape index (κ2) is 4.77. The number of rotatable bonds is 3. The fourth-order valence-corrected chi connectivity index (χ4v) is 0.597. The molecule has 0 aliphatic heterocycles. The molecule has 0 aromatic rings. The van der Waals surface area contributed by atoms with Gasteiger partial charge in [0.05, 0.1) is 6.10 Å². The van der Waals surface area contributed by atoms with Crippen molar-refractivity contribution in [3.63, 3.8) is 0 Å². The highest BCUT2D eigenvalue weighted by atomic mass is 79.9. The van der Waals surface area contributed by atoms with Crippen LogP contribution in [0.3, 0.4) is 0 Å². The van der Waals surface area contributed by atoms with Gasteiger partial charge in [0.2, 0.25) is 0 Å². The molecule has 0 heterocycles. The van der Waals surface area contributed by atoms with Gasteiger partial charge in [-0.05, 0) is 18.3 Å². The number of hydrogen-bond donors (Lipinski definition) is 1. The van der Waals surface area contributed by atoms with E-state index in [1.54, 1.807) is 4.99 Å². The minimum absolute atomic E-state index is 0.390. The third-order valence-electron chi connectivity index (χ3n) is 1.02. The fourth-order valence-electron chi connectivity index (χ4n) is 0.382. The maximum atomic E-state index is 9.09. The second-order valence-electron chi connectivity index (χ2n) is 1.96. The zero-order chi connectivity index (χ0) is 7.28. The van der Waals surface area contributed by atoms with Crippen molar-refractivity contribution < 1.29 is 5.11 Å². The van der Waals surface area contributed by atoms with E-state index >= 15 is 0 Å². The van der Waals surface area contributed by atoms with Crippen molar-refractivity contribution in [2.24, 2.45) is 0 Å². The summed E-state index contributed by atoms with van der Waals surface area (Å²) >= 11 is 3.11. The molecule has 0 aromatic heterocycles. The van der Waals surface area contributed by atoms with Crippen LogP contribution in [0.1, 0.15) is 13.3 Å². The highest BCUT2D eigenvalue weighted by Gasteiger charge is 1.98. The van der Waals surface area contributed by atoms with Gasteiger partial charge in [0.25, 0.3) is 0 Å². The predicted molar refractivity (Wildman–Crippen MR) is 43.5 cm³/mol. The molecule has 0 bridgehead atoms. The number of halogens is 1. The van der Waals surface area contributed by atoms with E-state index < -0.39 is 6.10 Å². The number of hydrogen-bond acceptors (Lipinski definition) is 1. The van der Waals surface area contributed by atoms with Gasteiger partial charge < -0.3 is 5.11 Å². The van der Waals surface area contributed by atoms with Crippen LogP contribution in [0.2, 0.25) is 0 Å². The van der Waals surface area contributed by atoms with E-state index in [0.29, 0.717) is 6.42 Å². The molecule has 0 spiro atoms. The van der Waals surface area contributed by atoms with Crippen LogP contribution in [0.15, 0.2) is 23.2 Å². The van der Waals surface area contributed by atoms with Gasteiger partial charge in [-0.3, -0.25) is 0 Å². The Kier molecular flexibility index (Phi) is 4.72. The Balaban J connectivity index is 3.50. The summed E-state index contributed by atoms with van der Waals surface area (Å²) in [5.74, 6) is 0. The first kappa shape index (κ1) is 8.92. The molecule has 0 saturated carbocycles. The molecule has 1 N–H and O–H groups in total. The molecule has 1 nitrogen and oxygen atoms in total. The van der Waals surface area contributed by atoms with Crippen LogP contribution < -0.4 is 0 Å². The SMILES string of the molecule is C=C(C)C(O)C/C=C\Br. The molecule has 9 heavy (non-hydrogen) atoms. The van der Waals surface area contributed by atoms with E-state index in [0.717, 1.165) is 5.57 Å². The molecule has 0 aliphatic carbocycles. The third-order valence-corrected chi connectivity index (χ3v) is 1.39. The lowest BCUT2D eigenvalue weighted by molar-refractivity contribution is 0.215. The monoisotopic (exact) mass is 190 g/mol. The smallest absolute Gasteiger partial charge is 0.0779 e. The van der Waals surface area contributed by atoms with Gasteiger partial charge in [0.1, 0.15) is 0 Å². The average Bonchev–Trinajstić information content (AvgIpc) is 1.82. The molecule has 0 fully saturated rings. The largest absolute Gasteiger partial charge is 0.388 e. The Morgan fingerprint density at radius 2 is 2.44 bits per heavy atom. The molecule has 0 aromatic carbocycles. The molecule has 0 aliphatic rings. The fraction of sp³-hybridized carbons (Fsp3) is 0.429. The minimum atomic E-state index is -0.390. The lowest BCUT2D eigenvalue weighted by Crippen LogP contribution is -2.04. The third kappa shape index (κ3) is 4.43. The van der Waals surface area contributed by atoms with Crippen LogP contribution in [0.25, 0.3) is 0 Å². The summed E-state index contributed by atoms with van der Waals surface area (Å²) in [6.07, 6.45) is 2.10. The maximum absolute atomic E-state index is 9.09. The van der Waals surface area contributed by atoms with Crippen molar-refractivity contribution in [1.82, 2.24) is 0 Å². The Morgan fingerprint density at radius 3 is 2.78 bits per heavy atom. The highest BCUT2D eigenvalue weighted by Crippen LogP contribution is 2.03. The van der Waals surface area contributed by atoms with Crippen molar-refractivity contribution in [3.8, 4) is 0 Å². The summed E-state index contributed by atoms with van der Waals surface area (Å²) in [5.41, 5.74) is 0.806. The van der Waals surface area contributed by atoms with Gasteiger partial charge in [0.15, 0.2) is 0 Å². The Morgan fingerprint density at radius 1 is 1.89 bits per heavy atom. The van der Waals surface area contributed by atoms with Crippen LogP contribution in [0.4, 0.5) is 0 Å². The Bertz CT molecular complexity index is 118. The van der Waals surface area contributed by atoms with Gasteiger partial charge in [-0.15, -0.1) is 0 Å². The minimum Gasteiger partial charge on any atom is -0.388 e. The molecule has 2 heteroatoms. The van der Waals surface area contributed by atoms with Crippen LogP contribution in [0.5, 0.6) is 0 Å². The van der Waals surface area contributed by atoms with Gasteiger partial charge in [-0.2, -0.15) is 0 Å². The standard InChI is InChI=1S/C7H11BrO/c1-6(2)7(9)4-3-5-8/h3,5,7,9H,1,4H2,2H3/b5-3-. The lowest BCUT2D eigenvalue weighted by atomic mass is 10.1. The van der Waals surface area contributed by atoms with Crippen LogP contribution >= 0.6 is 15.9 Å². The molecule has 1 unspecified atom stereocenters.